The minimum Gasteiger partial charge on any atom is -0.458 e. The monoisotopic (exact) mass is 897 g/mol. The van der Waals surface area contributed by atoms with Crippen molar-refractivity contribution in [3.8, 4) is 11.8 Å². The molecule has 13 atom stereocenters. The van der Waals surface area contributed by atoms with Crippen molar-refractivity contribution < 1.29 is 78.8 Å². The van der Waals surface area contributed by atoms with Gasteiger partial charge in [0.05, 0.1) is 12.7 Å². The Morgan fingerprint density at radius 3 is 2.54 bits per heavy atom. The molecule has 59 heavy (non-hydrogen) atoms. The van der Waals surface area contributed by atoms with Gasteiger partial charge in [-0.15, -0.1) is 5.92 Å². The summed E-state index contributed by atoms with van der Waals surface area (Å²) in [5.41, 5.74) is -6.23. The first-order valence-corrected chi connectivity index (χ1v) is 23.5. The molecule has 1 amide bonds. The lowest BCUT2D eigenvalue weighted by atomic mass is 9.44. The van der Waals surface area contributed by atoms with E-state index in [2.05, 4.69) is 21.5 Å². The van der Waals surface area contributed by atoms with Crippen LogP contribution in [0.5, 0.6) is 0 Å². The van der Waals surface area contributed by atoms with Crippen LogP contribution in [0.2, 0.25) is 0 Å². The van der Waals surface area contributed by atoms with Crippen LogP contribution in [0.3, 0.4) is 0 Å². The van der Waals surface area contributed by atoms with Gasteiger partial charge in [-0.05, 0) is 74.0 Å². The number of phosphoric acid groups is 2. The summed E-state index contributed by atoms with van der Waals surface area (Å²) in [6.45, 7) is 3.64. The van der Waals surface area contributed by atoms with Crippen LogP contribution < -0.4 is 5.32 Å². The minimum absolute atomic E-state index is 0.155. The molecule has 0 spiro atoms. The van der Waals surface area contributed by atoms with Crippen molar-refractivity contribution in [3.05, 3.63) is 23.8 Å². The number of nitrogens with one attached hydrogen (secondary N) is 1. The first-order valence-electron chi connectivity index (χ1n) is 19.6. The smallest absolute Gasteiger partial charge is 0.458 e. The van der Waals surface area contributed by atoms with Gasteiger partial charge in [-0.3, -0.25) is 28.2 Å². The lowest BCUT2D eigenvalue weighted by Crippen LogP contribution is -2.73. The Morgan fingerprint density at radius 2 is 1.83 bits per heavy atom. The molecule has 0 saturated heterocycles. The molecule has 0 aromatic carbocycles. The number of alkyl halides is 3. The largest absolute Gasteiger partial charge is 0.483 e. The predicted octanol–water partition coefficient (Wildman–Crippen LogP) is 5.99. The molecule has 3 fully saturated rings. The van der Waals surface area contributed by atoms with Crippen molar-refractivity contribution in [1.82, 2.24) is 5.32 Å². The highest BCUT2D eigenvalue weighted by Gasteiger charge is 2.77. The fraction of sp³-hybridized carbons (Fsp3) is 0.737. The number of allylic oxidation sites excluding steroid dienone is 3. The van der Waals surface area contributed by atoms with Crippen molar-refractivity contribution in [2.75, 3.05) is 32.6 Å². The number of halogens is 3. The summed E-state index contributed by atoms with van der Waals surface area (Å²) in [5, 5.41) is 1.87. The first kappa shape index (κ1) is 47.7. The molecular formula is C38H52F3NO14P2S. The Bertz CT molecular complexity index is 1840. The number of fused-ring (bicyclic) bond motifs is 5. The van der Waals surface area contributed by atoms with Crippen molar-refractivity contribution in [1.29, 1.82) is 0 Å². The zero-order valence-electron chi connectivity index (χ0n) is 33.3. The second-order valence-corrected chi connectivity index (χ2v) is 19.9. The number of rotatable bonds is 17. The van der Waals surface area contributed by atoms with Gasteiger partial charge in [0.15, 0.2) is 29.5 Å². The second-order valence-electron chi connectivity index (χ2n) is 15.9. The number of hydrogen-bond acceptors (Lipinski definition) is 13. The van der Waals surface area contributed by atoms with E-state index in [4.69, 9.17) is 23.3 Å². The van der Waals surface area contributed by atoms with Crippen LogP contribution in [0, 0.1) is 46.3 Å². The molecule has 5 aliphatic carbocycles. The van der Waals surface area contributed by atoms with Gasteiger partial charge in [-0.25, -0.2) is 22.3 Å². The maximum atomic E-state index is 18.8. The van der Waals surface area contributed by atoms with Crippen LogP contribution in [-0.4, -0.2) is 95.3 Å². The molecule has 0 aromatic heterocycles. The van der Waals surface area contributed by atoms with E-state index in [0.29, 0.717) is 18.2 Å². The van der Waals surface area contributed by atoms with E-state index < -0.39 is 122 Å². The van der Waals surface area contributed by atoms with E-state index in [0.717, 1.165) is 37.8 Å². The Balaban J connectivity index is 1.31. The van der Waals surface area contributed by atoms with E-state index >= 15 is 8.78 Å². The number of phosphoric ester groups is 2. The number of thioether (sulfide) groups is 1. The van der Waals surface area contributed by atoms with Crippen LogP contribution in [0.4, 0.5) is 13.2 Å². The number of ether oxygens (including phenoxy) is 3. The minimum atomic E-state index is -5.53. The zero-order chi connectivity index (χ0) is 43.4. The molecule has 15 nitrogen and oxygen atoms in total. The van der Waals surface area contributed by atoms with Gasteiger partial charge >= 0.3 is 21.6 Å². The lowest BCUT2D eigenvalue weighted by Gasteiger charge is -2.64. The Labute approximate surface area is 345 Å². The lowest BCUT2D eigenvalue weighted by molar-refractivity contribution is -0.258. The Morgan fingerprint density at radius 1 is 1.10 bits per heavy atom. The third-order valence-corrected chi connectivity index (χ3v) is 15.5. The molecule has 3 saturated carbocycles. The topological polar surface area (TPSA) is 210 Å². The number of amides is 1. The second kappa shape index (κ2) is 19.4. The van der Waals surface area contributed by atoms with Crippen molar-refractivity contribution >= 4 is 50.2 Å². The molecule has 330 valence electrons. The predicted molar refractivity (Wildman–Crippen MR) is 206 cm³/mol. The highest BCUT2D eigenvalue weighted by Crippen LogP contribution is 2.71. The summed E-state index contributed by atoms with van der Waals surface area (Å²) in [4.78, 5) is 71.6. The van der Waals surface area contributed by atoms with Gasteiger partial charge in [0.25, 0.3) is 0 Å². The third-order valence-electron chi connectivity index (χ3n) is 12.3. The van der Waals surface area contributed by atoms with E-state index in [9.17, 15) is 42.5 Å². The third kappa shape index (κ3) is 10.3. The quantitative estimate of drug-likeness (QED) is 0.0504. The van der Waals surface area contributed by atoms with E-state index in [1.165, 1.54) is 19.9 Å². The van der Waals surface area contributed by atoms with Crippen molar-refractivity contribution in [2.24, 2.45) is 34.5 Å². The molecule has 0 aliphatic heterocycles. The molecular weight excluding hydrogens is 845 g/mol. The molecule has 5 rings (SSSR count). The van der Waals surface area contributed by atoms with Crippen molar-refractivity contribution in [3.63, 3.8) is 0 Å². The molecule has 13 unspecified atom stereocenters. The molecule has 0 aromatic rings. The van der Waals surface area contributed by atoms with Gasteiger partial charge in [0, 0.05) is 36.6 Å². The molecule has 21 heteroatoms. The average molecular weight is 898 g/mol. The summed E-state index contributed by atoms with van der Waals surface area (Å²) in [5.74, 6) is 0.125. The molecule has 0 bridgehead atoms. The van der Waals surface area contributed by atoms with Gasteiger partial charge < -0.3 is 29.3 Å². The summed E-state index contributed by atoms with van der Waals surface area (Å²) in [7, 11) is -10.9. The molecule has 3 N–H and O–H groups in total. The number of ketones is 1. The number of carbonyl (C=O) groups excluding carboxylic acids is 4. The highest BCUT2D eigenvalue weighted by molar-refractivity contribution is 8.13. The number of esters is 1. The van der Waals surface area contributed by atoms with Crippen LogP contribution in [0.25, 0.3) is 0 Å². The molecule has 0 heterocycles. The van der Waals surface area contributed by atoms with E-state index in [1.807, 2.05) is 0 Å². The molecule has 0 radical (unpaired) electrons. The Kier molecular flexibility index (Phi) is 15.6. The normalized spacial score (nSPS) is 37.1. The fourth-order valence-electron chi connectivity index (χ4n) is 9.73. The van der Waals surface area contributed by atoms with E-state index in [-0.39, 0.29) is 38.0 Å². The van der Waals surface area contributed by atoms with Gasteiger partial charge in [-0.2, -0.15) is 4.31 Å². The zero-order valence-corrected chi connectivity index (χ0v) is 35.9. The maximum absolute atomic E-state index is 18.8. The number of hydrogen-bond donors (Lipinski definition) is 3. The van der Waals surface area contributed by atoms with Gasteiger partial charge in [0.1, 0.15) is 24.8 Å². The first-order chi connectivity index (χ1) is 27.7. The molecule has 5 aliphatic rings. The number of carbonyl (C=O) groups is 4. The SMILES string of the molecule is CCC(=O)OC1C(F)C2=CC(=O)C=CC2(C)C2(F)C(OCOP(=O)(O)OP(=O)(O)OCCNC(=O)COC3C#CCCCCC3)CC3(C)C(CC(C)C3C(=O)SCF)C12. The average Bonchev–Trinajstić information content (AvgIpc) is 3.41. The van der Waals surface area contributed by atoms with Crippen LogP contribution in [-0.2, 0) is 55.9 Å². The Hall–Kier alpha value is -2.36. The summed E-state index contributed by atoms with van der Waals surface area (Å²) in [6, 6.07) is -1.04. The standard InChI is InChI=1S/C38H52F3NO14P2S/c1-5-30(45)55-34-32-26-17-23(2)31(35(46)59-21-39)36(26,3)19-28(38(32,41)37(4)14-13-24(43)18-27(37)33(34)40)52-22-54-58(49,50)56-57(47,48)53-16-15-42-29(44)20-51-25-11-9-7-6-8-10-12-25/h13-14,18,23,25-26,28,31-34H,5-9,11,15-17,19-22H2,1-4H3,(H,42,44)(H,47,48)(H,49,50). The summed E-state index contributed by atoms with van der Waals surface area (Å²) >= 11 is 0.432. The van der Waals surface area contributed by atoms with Gasteiger partial charge in [0.2, 0.25) is 5.91 Å². The van der Waals surface area contributed by atoms with Gasteiger partial charge in [-0.1, -0.05) is 51.0 Å². The van der Waals surface area contributed by atoms with Crippen LogP contribution in [0.15, 0.2) is 23.8 Å². The van der Waals surface area contributed by atoms with Crippen LogP contribution >= 0.6 is 27.4 Å². The van der Waals surface area contributed by atoms with Crippen LogP contribution in [0.1, 0.15) is 79.1 Å². The van der Waals surface area contributed by atoms with Crippen molar-refractivity contribution in [2.45, 2.75) is 109 Å². The summed E-state index contributed by atoms with van der Waals surface area (Å²) in [6.07, 6.45) is 1.07. The van der Waals surface area contributed by atoms with E-state index in [1.54, 1.807) is 13.8 Å². The maximum Gasteiger partial charge on any atom is 0.483 e. The summed E-state index contributed by atoms with van der Waals surface area (Å²) < 4.78 is 106. The highest BCUT2D eigenvalue weighted by atomic mass is 32.2. The fourth-order valence-corrected chi connectivity index (χ4v) is 12.5.